The first-order valence-electron chi connectivity index (χ1n) is 7.22. The molecule has 0 spiro atoms. The highest BCUT2D eigenvalue weighted by molar-refractivity contribution is 9.10. The number of halogens is 1. The lowest BCUT2D eigenvalue weighted by molar-refractivity contribution is 0.386. The first-order valence-corrected chi connectivity index (χ1v) is 8.02. The summed E-state index contributed by atoms with van der Waals surface area (Å²) in [6.45, 7) is 3.38. The van der Waals surface area contributed by atoms with Gasteiger partial charge in [-0.1, -0.05) is 35.0 Å². The molecule has 0 heterocycles. The third-order valence-corrected chi connectivity index (χ3v) is 4.04. The van der Waals surface area contributed by atoms with Crippen molar-refractivity contribution in [1.82, 2.24) is 4.90 Å². The van der Waals surface area contributed by atoms with E-state index in [1.807, 2.05) is 36.4 Å². The summed E-state index contributed by atoms with van der Waals surface area (Å²) in [5, 5.41) is 0. The second-order valence-corrected chi connectivity index (χ2v) is 6.53. The van der Waals surface area contributed by atoms with E-state index < -0.39 is 0 Å². The Kier molecular flexibility index (Phi) is 5.83. The number of hydrogen-bond donors (Lipinski definition) is 0. The SMILES string of the molecule is CC(CCN(C)C)c1ccc(Oc2ccc(Br)cc2)cc1. The molecular formula is C18H22BrNO. The lowest BCUT2D eigenvalue weighted by Gasteiger charge is -2.16. The van der Waals surface area contributed by atoms with Gasteiger partial charge in [0.2, 0.25) is 0 Å². The lowest BCUT2D eigenvalue weighted by Crippen LogP contribution is -2.14. The van der Waals surface area contributed by atoms with Gasteiger partial charge in [0, 0.05) is 4.47 Å². The van der Waals surface area contributed by atoms with Gasteiger partial charge in [0.15, 0.2) is 0 Å². The van der Waals surface area contributed by atoms with Gasteiger partial charge in [-0.15, -0.1) is 0 Å². The molecule has 21 heavy (non-hydrogen) atoms. The second-order valence-electron chi connectivity index (χ2n) is 5.62. The molecule has 2 aromatic rings. The van der Waals surface area contributed by atoms with Crippen molar-refractivity contribution in [3.8, 4) is 11.5 Å². The van der Waals surface area contributed by atoms with Crippen molar-refractivity contribution in [2.75, 3.05) is 20.6 Å². The zero-order chi connectivity index (χ0) is 15.2. The summed E-state index contributed by atoms with van der Waals surface area (Å²) in [7, 11) is 4.23. The molecule has 0 N–H and O–H groups in total. The molecule has 112 valence electrons. The van der Waals surface area contributed by atoms with Crippen LogP contribution >= 0.6 is 15.9 Å². The van der Waals surface area contributed by atoms with E-state index in [-0.39, 0.29) is 0 Å². The molecule has 0 aliphatic rings. The van der Waals surface area contributed by atoms with E-state index in [0.29, 0.717) is 5.92 Å². The quantitative estimate of drug-likeness (QED) is 0.703. The van der Waals surface area contributed by atoms with Crippen molar-refractivity contribution in [3.05, 3.63) is 58.6 Å². The van der Waals surface area contributed by atoms with Crippen molar-refractivity contribution in [1.29, 1.82) is 0 Å². The standard InChI is InChI=1S/C18H22BrNO/c1-14(12-13-20(2)3)15-4-8-17(9-5-15)21-18-10-6-16(19)7-11-18/h4-11,14H,12-13H2,1-3H3. The fourth-order valence-electron chi connectivity index (χ4n) is 2.12. The second kappa shape index (κ2) is 7.62. The van der Waals surface area contributed by atoms with E-state index in [4.69, 9.17) is 4.74 Å². The Morgan fingerprint density at radius 3 is 2.00 bits per heavy atom. The average Bonchev–Trinajstić information content (AvgIpc) is 2.48. The summed E-state index contributed by atoms with van der Waals surface area (Å²) in [6.07, 6.45) is 1.17. The minimum Gasteiger partial charge on any atom is -0.457 e. The molecule has 0 aliphatic heterocycles. The first kappa shape index (κ1) is 16.1. The van der Waals surface area contributed by atoms with Crippen LogP contribution in [0.4, 0.5) is 0 Å². The van der Waals surface area contributed by atoms with E-state index in [0.717, 1.165) is 22.5 Å². The zero-order valence-electron chi connectivity index (χ0n) is 12.8. The minimum atomic E-state index is 0.564. The van der Waals surface area contributed by atoms with Gasteiger partial charge in [-0.05, 0) is 74.9 Å². The van der Waals surface area contributed by atoms with Crippen molar-refractivity contribution < 1.29 is 4.74 Å². The van der Waals surface area contributed by atoms with E-state index in [1.165, 1.54) is 12.0 Å². The number of ether oxygens (including phenoxy) is 1. The van der Waals surface area contributed by atoms with E-state index in [9.17, 15) is 0 Å². The van der Waals surface area contributed by atoms with Crippen LogP contribution in [0.5, 0.6) is 11.5 Å². The summed E-state index contributed by atoms with van der Waals surface area (Å²) in [4.78, 5) is 2.22. The van der Waals surface area contributed by atoms with Gasteiger partial charge in [-0.3, -0.25) is 0 Å². The van der Waals surface area contributed by atoms with Gasteiger partial charge >= 0.3 is 0 Å². The molecule has 2 nitrogen and oxygen atoms in total. The number of rotatable bonds is 6. The summed E-state index contributed by atoms with van der Waals surface area (Å²) >= 11 is 3.42. The van der Waals surface area contributed by atoms with Gasteiger partial charge < -0.3 is 9.64 Å². The van der Waals surface area contributed by atoms with Gasteiger partial charge in [0.1, 0.15) is 11.5 Å². The molecule has 0 saturated heterocycles. The highest BCUT2D eigenvalue weighted by Gasteiger charge is 2.06. The number of hydrogen-bond acceptors (Lipinski definition) is 2. The molecular weight excluding hydrogens is 326 g/mol. The predicted molar refractivity (Wildman–Crippen MR) is 92.2 cm³/mol. The van der Waals surface area contributed by atoms with Crippen molar-refractivity contribution in [2.24, 2.45) is 0 Å². The van der Waals surface area contributed by atoms with Crippen LogP contribution in [0.1, 0.15) is 24.8 Å². The lowest BCUT2D eigenvalue weighted by atomic mass is 9.97. The molecule has 0 fully saturated rings. The minimum absolute atomic E-state index is 0.564. The van der Waals surface area contributed by atoms with Crippen LogP contribution in [0.3, 0.4) is 0 Å². The Morgan fingerprint density at radius 1 is 0.952 bits per heavy atom. The van der Waals surface area contributed by atoms with E-state index >= 15 is 0 Å². The number of nitrogens with zero attached hydrogens (tertiary/aromatic N) is 1. The van der Waals surface area contributed by atoms with Crippen LogP contribution in [0.15, 0.2) is 53.0 Å². The predicted octanol–water partition coefficient (Wildman–Crippen LogP) is 5.30. The molecule has 2 aromatic carbocycles. The maximum absolute atomic E-state index is 5.84. The van der Waals surface area contributed by atoms with Crippen LogP contribution in [0.2, 0.25) is 0 Å². The van der Waals surface area contributed by atoms with Crippen LogP contribution in [0.25, 0.3) is 0 Å². The maximum Gasteiger partial charge on any atom is 0.127 e. The van der Waals surface area contributed by atoms with Crippen molar-refractivity contribution >= 4 is 15.9 Å². The zero-order valence-corrected chi connectivity index (χ0v) is 14.4. The largest absolute Gasteiger partial charge is 0.457 e. The Morgan fingerprint density at radius 2 is 1.48 bits per heavy atom. The summed E-state index contributed by atoms with van der Waals surface area (Å²) in [6, 6.07) is 16.3. The topological polar surface area (TPSA) is 12.5 Å². The molecule has 0 radical (unpaired) electrons. The van der Waals surface area contributed by atoms with Crippen LogP contribution < -0.4 is 4.74 Å². The Hall–Kier alpha value is -1.32. The third kappa shape index (κ3) is 5.18. The molecule has 0 bridgehead atoms. The Balaban J connectivity index is 1.96. The molecule has 0 amide bonds. The fourth-order valence-corrected chi connectivity index (χ4v) is 2.39. The molecule has 1 unspecified atom stereocenters. The maximum atomic E-state index is 5.84. The molecule has 0 aliphatic carbocycles. The van der Waals surface area contributed by atoms with Crippen LogP contribution in [-0.2, 0) is 0 Å². The van der Waals surface area contributed by atoms with E-state index in [1.54, 1.807) is 0 Å². The fraction of sp³-hybridized carbons (Fsp3) is 0.333. The molecule has 3 heteroatoms. The molecule has 1 atom stereocenters. The summed E-state index contributed by atoms with van der Waals surface area (Å²) < 4.78 is 6.89. The number of benzene rings is 2. The third-order valence-electron chi connectivity index (χ3n) is 3.51. The van der Waals surface area contributed by atoms with Crippen molar-refractivity contribution in [3.63, 3.8) is 0 Å². The van der Waals surface area contributed by atoms with Crippen LogP contribution in [-0.4, -0.2) is 25.5 Å². The van der Waals surface area contributed by atoms with Gasteiger partial charge in [0.05, 0.1) is 0 Å². The summed E-state index contributed by atoms with van der Waals surface area (Å²) in [5.41, 5.74) is 1.36. The summed E-state index contributed by atoms with van der Waals surface area (Å²) in [5.74, 6) is 2.29. The van der Waals surface area contributed by atoms with Gasteiger partial charge in [0.25, 0.3) is 0 Å². The molecule has 2 rings (SSSR count). The molecule has 0 saturated carbocycles. The first-order chi connectivity index (χ1) is 10.0. The van der Waals surface area contributed by atoms with Gasteiger partial charge in [-0.25, -0.2) is 0 Å². The monoisotopic (exact) mass is 347 g/mol. The normalized spacial score (nSPS) is 12.4. The van der Waals surface area contributed by atoms with Crippen LogP contribution in [0, 0.1) is 0 Å². The Bertz CT molecular complexity index is 548. The average molecular weight is 348 g/mol. The smallest absolute Gasteiger partial charge is 0.127 e. The highest BCUT2D eigenvalue weighted by Crippen LogP contribution is 2.26. The van der Waals surface area contributed by atoms with Crippen molar-refractivity contribution in [2.45, 2.75) is 19.3 Å². The van der Waals surface area contributed by atoms with E-state index in [2.05, 4.69) is 54.0 Å². The van der Waals surface area contributed by atoms with Gasteiger partial charge in [-0.2, -0.15) is 0 Å². The highest BCUT2D eigenvalue weighted by atomic mass is 79.9. The Labute approximate surface area is 135 Å². The molecule has 0 aromatic heterocycles.